The van der Waals surface area contributed by atoms with Crippen LogP contribution in [0.5, 0.6) is 0 Å². The van der Waals surface area contributed by atoms with Crippen molar-refractivity contribution in [3.8, 4) is 0 Å². The van der Waals surface area contributed by atoms with Crippen molar-refractivity contribution >= 4 is 5.69 Å². The minimum absolute atomic E-state index is 0.582. The zero-order valence-corrected chi connectivity index (χ0v) is 13.2. The van der Waals surface area contributed by atoms with Crippen LogP contribution in [0.15, 0.2) is 90.2 Å². The molecule has 23 heavy (non-hydrogen) atoms. The Labute approximate surface area is 138 Å². The summed E-state index contributed by atoms with van der Waals surface area (Å²) in [6.45, 7) is 0. The first kappa shape index (κ1) is 13.2. The van der Waals surface area contributed by atoms with Crippen LogP contribution in [0, 0.1) is 17.8 Å². The van der Waals surface area contributed by atoms with E-state index < -0.39 is 0 Å². The van der Waals surface area contributed by atoms with E-state index in [-0.39, 0.29) is 0 Å². The second kappa shape index (κ2) is 5.13. The van der Waals surface area contributed by atoms with Gasteiger partial charge in [0.05, 0.1) is 0 Å². The Hall–Kier alpha value is -2.28. The number of hydrogen-bond acceptors (Lipinski definition) is 1. The monoisotopic (exact) mass is 299 g/mol. The molecule has 1 heterocycles. The SMILES string of the molecule is C1=CC[C@H]2C(=C1)N(c1ccccc1)C1CC3C=CC=CC3=CC12. The molecule has 3 unspecified atom stereocenters. The largest absolute Gasteiger partial charge is 0.341 e. The van der Waals surface area contributed by atoms with Crippen LogP contribution >= 0.6 is 0 Å². The molecule has 1 aromatic rings. The number of hydrogen-bond donors (Lipinski definition) is 0. The number of rotatable bonds is 1. The molecule has 1 saturated heterocycles. The molecule has 0 N–H and O–H groups in total. The summed E-state index contributed by atoms with van der Waals surface area (Å²) in [6, 6.07) is 11.5. The first-order valence-corrected chi connectivity index (χ1v) is 8.69. The smallest absolute Gasteiger partial charge is 0.0417 e. The fraction of sp³-hybridized carbons (Fsp3) is 0.273. The highest BCUT2D eigenvalue weighted by molar-refractivity contribution is 5.59. The second-order valence-corrected chi connectivity index (χ2v) is 6.97. The molecule has 1 aromatic carbocycles. The molecule has 0 bridgehead atoms. The van der Waals surface area contributed by atoms with Crippen molar-refractivity contribution in [3.05, 3.63) is 90.2 Å². The predicted molar refractivity (Wildman–Crippen MR) is 96.0 cm³/mol. The Bertz CT molecular complexity index is 762. The van der Waals surface area contributed by atoms with Crippen molar-refractivity contribution in [1.29, 1.82) is 0 Å². The van der Waals surface area contributed by atoms with Gasteiger partial charge in [-0.15, -0.1) is 0 Å². The Morgan fingerprint density at radius 3 is 2.83 bits per heavy atom. The Morgan fingerprint density at radius 2 is 1.91 bits per heavy atom. The highest BCUT2D eigenvalue weighted by Gasteiger charge is 2.47. The molecule has 1 fully saturated rings. The van der Waals surface area contributed by atoms with Gasteiger partial charge in [0.2, 0.25) is 0 Å². The zero-order chi connectivity index (χ0) is 15.2. The van der Waals surface area contributed by atoms with Crippen LogP contribution in [-0.4, -0.2) is 6.04 Å². The standard InChI is InChI=1S/C22H21N/c1-2-10-18(11-3-1)23-21-13-7-6-12-19(21)20-14-16-8-4-5-9-17(16)15-22(20)23/h1-11,13-14,17,19-20,22H,12,15H2/t17?,19-,20?,22?/m1/s1. The zero-order valence-electron chi connectivity index (χ0n) is 13.2. The van der Waals surface area contributed by atoms with Crippen LogP contribution in [0.3, 0.4) is 0 Å². The number of anilines is 1. The van der Waals surface area contributed by atoms with Crippen molar-refractivity contribution in [2.75, 3.05) is 4.90 Å². The lowest BCUT2D eigenvalue weighted by molar-refractivity contribution is 0.393. The van der Waals surface area contributed by atoms with Gasteiger partial charge in [-0.05, 0) is 36.6 Å². The van der Waals surface area contributed by atoms with Gasteiger partial charge in [0.25, 0.3) is 0 Å². The van der Waals surface area contributed by atoms with E-state index in [4.69, 9.17) is 0 Å². The maximum absolute atomic E-state index is 2.62. The predicted octanol–water partition coefficient (Wildman–Crippen LogP) is 5.02. The van der Waals surface area contributed by atoms with E-state index in [1.807, 2.05) is 0 Å². The van der Waals surface area contributed by atoms with Crippen molar-refractivity contribution in [2.45, 2.75) is 18.9 Å². The van der Waals surface area contributed by atoms with Gasteiger partial charge < -0.3 is 4.90 Å². The van der Waals surface area contributed by atoms with Gasteiger partial charge >= 0.3 is 0 Å². The number of fused-ring (bicyclic) bond motifs is 4. The van der Waals surface area contributed by atoms with Gasteiger partial charge in [-0.25, -0.2) is 0 Å². The fourth-order valence-electron chi connectivity index (χ4n) is 4.78. The summed E-state index contributed by atoms with van der Waals surface area (Å²) >= 11 is 0. The van der Waals surface area contributed by atoms with Crippen LogP contribution in [0.2, 0.25) is 0 Å². The summed E-state index contributed by atoms with van der Waals surface area (Å²) in [7, 11) is 0. The first-order valence-electron chi connectivity index (χ1n) is 8.69. The van der Waals surface area contributed by atoms with E-state index in [0.717, 1.165) is 0 Å². The molecule has 114 valence electrons. The van der Waals surface area contributed by atoms with E-state index in [1.54, 1.807) is 0 Å². The van der Waals surface area contributed by atoms with Gasteiger partial charge in [-0.2, -0.15) is 0 Å². The molecule has 1 aliphatic heterocycles. The summed E-state index contributed by atoms with van der Waals surface area (Å²) in [5, 5.41) is 0. The minimum atomic E-state index is 0.582. The van der Waals surface area contributed by atoms with Gasteiger partial charge in [-0.3, -0.25) is 0 Å². The highest BCUT2D eigenvalue weighted by Crippen LogP contribution is 2.51. The Kier molecular flexibility index (Phi) is 2.94. The van der Waals surface area contributed by atoms with Crippen molar-refractivity contribution in [2.24, 2.45) is 17.8 Å². The molecule has 4 atom stereocenters. The third kappa shape index (κ3) is 1.99. The van der Waals surface area contributed by atoms with E-state index >= 15 is 0 Å². The van der Waals surface area contributed by atoms with Gasteiger partial charge in [0.15, 0.2) is 0 Å². The molecular formula is C22H21N. The average molecular weight is 299 g/mol. The topological polar surface area (TPSA) is 3.24 Å². The lowest BCUT2D eigenvalue weighted by Gasteiger charge is -2.36. The third-order valence-electron chi connectivity index (χ3n) is 5.78. The van der Waals surface area contributed by atoms with Crippen molar-refractivity contribution in [3.63, 3.8) is 0 Å². The molecule has 0 saturated carbocycles. The van der Waals surface area contributed by atoms with Crippen LogP contribution in [0.1, 0.15) is 12.8 Å². The molecule has 1 nitrogen and oxygen atoms in total. The normalized spacial score (nSPS) is 33.7. The molecule has 5 rings (SSSR count). The molecule has 3 aliphatic carbocycles. The molecule has 0 amide bonds. The summed E-state index contributed by atoms with van der Waals surface area (Å²) in [6.07, 6.45) is 21.0. The molecular weight excluding hydrogens is 278 g/mol. The van der Waals surface area contributed by atoms with Gasteiger partial charge in [-0.1, -0.05) is 60.7 Å². The Balaban J connectivity index is 1.62. The van der Waals surface area contributed by atoms with Crippen molar-refractivity contribution in [1.82, 2.24) is 0 Å². The maximum atomic E-state index is 2.62. The van der Waals surface area contributed by atoms with Gasteiger partial charge in [0.1, 0.15) is 0 Å². The van der Waals surface area contributed by atoms with Crippen LogP contribution in [-0.2, 0) is 0 Å². The number of allylic oxidation sites excluding steroid dienone is 9. The summed E-state index contributed by atoms with van der Waals surface area (Å²) < 4.78 is 0. The van der Waals surface area contributed by atoms with Gasteiger partial charge in [0, 0.05) is 35.2 Å². The summed E-state index contributed by atoms with van der Waals surface area (Å²) in [5.41, 5.74) is 4.38. The third-order valence-corrected chi connectivity index (χ3v) is 5.78. The number of nitrogens with zero attached hydrogens (tertiary/aromatic N) is 1. The van der Waals surface area contributed by atoms with Crippen LogP contribution < -0.4 is 4.90 Å². The molecule has 4 aliphatic rings. The average Bonchev–Trinajstić information content (AvgIpc) is 2.94. The summed E-state index contributed by atoms with van der Waals surface area (Å²) in [5.74, 6) is 1.85. The maximum Gasteiger partial charge on any atom is 0.0417 e. The van der Waals surface area contributed by atoms with E-state index in [1.165, 1.54) is 29.8 Å². The fourth-order valence-corrected chi connectivity index (χ4v) is 4.78. The Morgan fingerprint density at radius 1 is 1.00 bits per heavy atom. The molecule has 0 aromatic heterocycles. The molecule has 0 radical (unpaired) electrons. The quantitative estimate of drug-likeness (QED) is 0.703. The number of benzene rings is 1. The molecule has 0 spiro atoms. The second-order valence-electron chi connectivity index (χ2n) is 6.97. The lowest BCUT2D eigenvalue weighted by Crippen LogP contribution is -2.36. The molecule has 1 heteroatoms. The van der Waals surface area contributed by atoms with E-state index in [2.05, 4.69) is 83.8 Å². The minimum Gasteiger partial charge on any atom is -0.341 e. The summed E-state index contributed by atoms with van der Waals surface area (Å²) in [4.78, 5) is 2.62. The lowest BCUT2D eigenvalue weighted by atomic mass is 9.73. The van der Waals surface area contributed by atoms with Crippen molar-refractivity contribution < 1.29 is 0 Å². The van der Waals surface area contributed by atoms with Crippen LogP contribution in [0.25, 0.3) is 0 Å². The van der Waals surface area contributed by atoms with E-state index in [0.29, 0.717) is 23.8 Å². The van der Waals surface area contributed by atoms with Crippen LogP contribution in [0.4, 0.5) is 5.69 Å². The number of para-hydroxylation sites is 1. The van der Waals surface area contributed by atoms with E-state index in [9.17, 15) is 0 Å². The highest BCUT2D eigenvalue weighted by atomic mass is 15.2. The first-order chi connectivity index (χ1) is 11.4.